The van der Waals surface area contributed by atoms with E-state index < -0.39 is 0 Å². The van der Waals surface area contributed by atoms with Crippen molar-refractivity contribution in [1.82, 2.24) is 9.55 Å². The van der Waals surface area contributed by atoms with Crippen molar-refractivity contribution in [2.24, 2.45) is 0 Å². The average Bonchev–Trinajstić information content (AvgIpc) is 2.80. The number of alkyl halides is 1. The number of nitrogens with zero attached hydrogens (tertiary/aromatic N) is 3. The highest BCUT2D eigenvalue weighted by molar-refractivity contribution is 6.17. The molecule has 0 fully saturated rings. The maximum absolute atomic E-state index is 12.2. The van der Waals surface area contributed by atoms with Crippen LogP contribution in [0.15, 0.2) is 30.6 Å². The van der Waals surface area contributed by atoms with E-state index in [0.29, 0.717) is 11.6 Å². The van der Waals surface area contributed by atoms with Crippen LogP contribution in [0.5, 0.6) is 0 Å². The third-order valence-corrected chi connectivity index (χ3v) is 3.39. The van der Waals surface area contributed by atoms with Crippen molar-refractivity contribution in [2.75, 3.05) is 0 Å². The molecule has 1 aromatic heterocycles. The molecule has 0 aliphatic carbocycles. The van der Waals surface area contributed by atoms with Gasteiger partial charge in [-0.05, 0) is 6.07 Å². The Morgan fingerprint density at radius 2 is 2.24 bits per heavy atom. The van der Waals surface area contributed by atoms with Crippen LogP contribution >= 0.6 is 11.6 Å². The zero-order chi connectivity index (χ0) is 12.0. The molecule has 1 unspecified atom stereocenters. The van der Waals surface area contributed by atoms with Crippen LogP contribution < -0.4 is 0 Å². The van der Waals surface area contributed by atoms with Gasteiger partial charge in [0, 0.05) is 22.7 Å². The molecule has 3 rings (SSSR count). The molecule has 1 aromatic carbocycles. The monoisotopic (exact) mass is 248 g/mol. The molecule has 0 bridgehead atoms. The van der Waals surface area contributed by atoms with Gasteiger partial charge in [-0.15, -0.1) is 11.6 Å². The standard InChI is InChI=1S/C12H11ClN3O/c1-8-12-9(6-13)14-7-15(12)10-4-2-3-5-11(10)16(8)17/h2-5,7-8H,6H2,1H3/q+1. The highest BCUT2D eigenvalue weighted by atomic mass is 35.5. The lowest BCUT2D eigenvalue weighted by Crippen LogP contribution is -2.20. The van der Waals surface area contributed by atoms with Gasteiger partial charge in [0.15, 0.2) is 0 Å². The number of rotatable bonds is 1. The molecule has 0 saturated carbocycles. The molecule has 1 atom stereocenters. The fourth-order valence-corrected chi connectivity index (χ4v) is 2.51. The molecule has 4 nitrogen and oxygen atoms in total. The third-order valence-electron chi connectivity index (χ3n) is 3.14. The molecule has 2 heterocycles. The predicted octanol–water partition coefficient (Wildman–Crippen LogP) is 3.10. The number of fused-ring (bicyclic) bond motifs is 3. The summed E-state index contributed by atoms with van der Waals surface area (Å²) in [5.41, 5.74) is 3.19. The van der Waals surface area contributed by atoms with Gasteiger partial charge in [0.2, 0.25) is 6.04 Å². The second-order valence-electron chi connectivity index (χ2n) is 4.07. The van der Waals surface area contributed by atoms with Gasteiger partial charge in [0.1, 0.15) is 17.7 Å². The fraction of sp³-hybridized carbons (Fsp3) is 0.250. The number of halogens is 1. The van der Waals surface area contributed by atoms with Crippen molar-refractivity contribution < 1.29 is 4.76 Å². The Morgan fingerprint density at radius 1 is 1.47 bits per heavy atom. The predicted molar refractivity (Wildman–Crippen MR) is 64.8 cm³/mol. The van der Waals surface area contributed by atoms with Crippen LogP contribution in [0.3, 0.4) is 0 Å². The quantitative estimate of drug-likeness (QED) is 0.575. The van der Waals surface area contributed by atoms with Crippen LogP contribution in [0.25, 0.3) is 5.69 Å². The number of nitroso groups, excluding NO2 is 1. The van der Waals surface area contributed by atoms with Crippen molar-refractivity contribution in [1.29, 1.82) is 0 Å². The van der Waals surface area contributed by atoms with Crippen LogP contribution in [0.2, 0.25) is 0 Å². The average molecular weight is 249 g/mol. The van der Waals surface area contributed by atoms with Gasteiger partial charge in [-0.2, -0.15) is 0 Å². The molecule has 1 aliphatic rings. The highest BCUT2D eigenvalue weighted by Gasteiger charge is 2.38. The minimum absolute atomic E-state index is 0.263. The molecule has 0 spiro atoms. The minimum Gasteiger partial charge on any atom is -0.290 e. The largest absolute Gasteiger partial charge is 0.290 e. The van der Waals surface area contributed by atoms with Gasteiger partial charge in [-0.1, -0.05) is 12.1 Å². The molecule has 86 valence electrons. The van der Waals surface area contributed by atoms with Crippen LogP contribution in [0.1, 0.15) is 24.4 Å². The first-order valence-electron chi connectivity index (χ1n) is 5.42. The summed E-state index contributed by atoms with van der Waals surface area (Å²) < 4.78 is 2.97. The van der Waals surface area contributed by atoms with Crippen LogP contribution in [-0.4, -0.2) is 14.3 Å². The maximum Gasteiger partial charge on any atom is 0.280 e. The second kappa shape index (κ2) is 3.67. The second-order valence-corrected chi connectivity index (χ2v) is 4.34. The molecule has 0 radical (unpaired) electrons. The van der Waals surface area contributed by atoms with Crippen molar-refractivity contribution in [3.8, 4) is 5.69 Å². The Hall–Kier alpha value is -1.68. The van der Waals surface area contributed by atoms with Gasteiger partial charge < -0.3 is 0 Å². The van der Waals surface area contributed by atoms with Crippen molar-refractivity contribution in [2.45, 2.75) is 18.8 Å². The number of benzene rings is 1. The van der Waals surface area contributed by atoms with E-state index in [2.05, 4.69) is 4.98 Å². The van der Waals surface area contributed by atoms with E-state index in [1.54, 1.807) is 6.33 Å². The zero-order valence-corrected chi connectivity index (χ0v) is 10.1. The number of hydrogen-bond acceptors (Lipinski definition) is 2. The summed E-state index contributed by atoms with van der Waals surface area (Å²) in [6.07, 6.45) is 1.73. The van der Waals surface area contributed by atoms with E-state index in [1.165, 1.54) is 0 Å². The first-order chi connectivity index (χ1) is 8.24. The van der Waals surface area contributed by atoms with E-state index in [1.807, 2.05) is 35.8 Å². The third kappa shape index (κ3) is 1.34. The zero-order valence-electron chi connectivity index (χ0n) is 9.30. The van der Waals surface area contributed by atoms with Gasteiger partial charge >= 0.3 is 0 Å². The van der Waals surface area contributed by atoms with Crippen LogP contribution in [0.4, 0.5) is 5.69 Å². The summed E-state index contributed by atoms with van der Waals surface area (Å²) in [6.45, 7) is 1.87. The molecule has 5 heteroatoms. The Bertz CT molecular complexity index is 606. The van der Waals surface area contributed by atoms with Gasteiger partial charge in [0.05, 0.1) is 11.6 Å². The number of imidazole rings is 1. The SMILES string of the molecule is CC1c2c(CCl)ncn2-c2ccccc2[N+]1=O. The first-order valence-corrected chi connectivity index (χ1v) is 5.95. The smallest absolute Gasteiger partial charge is 0.280 e. The van der Waals surface area contributed by atoms with E-state index in [0.717, 1.165) is 21.8 Å². The summed E-state index contributed by atoms with van der Waals surface area (Å²) >= 11 is 5.85. The van der Waals surface area contributed by atoms with Gasteiger partial charge in [-0.25, -0.2) is 4.98 Å². The minimum atomic E-state index is -0.263. The van der Waals surface area contributed by atoms with E-state index in [-0.39, 0.29) is 6.04 Å². The van der Waals surface area contributed by atoms with E-state index in [4.69, 9.17) is 11.6 Å². The molecule has 1 aliphatic heterocycles. The summed E-state index contributed by atoms with van der Waals surface area (Å²) in [6, 6.07) is 7.24. The van der Waals surface area contributed by atoms with Crippen molar-refractivity contribution >= 4 is 17.3 Å². The first kappa shape index (κ1) is 10.5. The number of aromatic nitrogens is 2. The summed E-state index contributed by atoms with van der Waals surface area (Å²) in [7, 11) is 0. The lowest BCUT2D eigenvalue weighted by atomic mass is 10.1. The lowest BCUT2D eigenvalue weighted by molar-refractivity contribution is -0.512. The Kier molecular flexibility index (Phi) is 2.26. The molecule has 0 N–H and O–H groups in total. The van der Waals surface area contributed by atoms with Crippen molar-refractivity contribution in [3.63, 3.8) is 0 Å². The van der Waals surface area contributed by atoms with Crippen LogP contribution in [-0.2, 0) is 5.88 Å². The molecule has 17 heavy (non-hydrogen) atoms. The van der Waals surface area contributed by atoms with Crippen molar-refractivity contribution in [3.05, 3.63) is 46.9 Å². The highest BCUT2D eigenvalue weighted by Crippen LogP contribution is 2.37. The van der Waals surface area contributed by atoms with E-state index >= 15 is 0 Å². The van der Waals surface area contributed by atoms with Gasteiger partial charge in [-0.3, -0.25) is 4.57 Å². The molecular weight excluding hydrogens is 238 g/mol. The summed E-state index contributed by atoms with van der Waals surface area (Å²) in [5, 5.41) is 0. The molecule has 0 amide bonds. The van der Waals surface area contributed by atoms with Crippen LogP contribution in [0, 0.1) is 4.91 Å². The lowest BCUT2D eigenvalue weighted by Gasteiger charge is -2.17. The maximum atomic E-state index is 12.2. The topological polar surface area (TPSA) is 37.9 Å². The van der Waals surface area contributed by atoms with Gasteiger partial charge in [0.25, 0.3) is 5.69 Å². The molecular formula is C12H11ClN3O+. The molecule has 2 aromatic rings. The normalized spacial score (nSPS) is 17.8. The Labute approximate surface area is 103 Å². The number of para-hydroxylation sites is 2. The molecule has 0 saturated heterocycles. The summed E-state index contributed by atoms with van der Waals surface area (Å²) in [4.78, 5) is 16.4. The summed E-state index contributed by atoms with van der Waals surface area (Å²) in [5.74, 6) is 0.322. The van der Waals surface area contributed by atoms with E-state index in [9.17, 15) is 4.91 Å². The Morgan fingerprint density at radius 3 is 3.00 bits per heavy atom. The Balaban J connectivity index is 2.33. The number of hydrogen-bond donors (Lipinski definition) is 0. The fourth-order valence-electron chi connectivity index (χ4n) is 2.31.